The van der Waals surface area contributed by atoms with Crippen LogP contribution in [0.5, 0.6) is 0 Å². The first-order valence-corrected chi connectivity index (χ1v) is 8.62. The smallest absolute Gasteiger partial charge is 0.243 e. The predicted octanol–water partition coefficient (Wildman–Crippen LogP) is 4.36. The van der Waals surface area contributed by atoms with E-state index in [0.717, 1.165) is 24.1 Å². The minimum atomic E-state index is 0.0287. The van der Waals surface area contributed by atoms with E-state index in [1.807, 2.05) is 48.5 Å². The average molecular weight is 320 g/mol. The molecule has 0 saturated heterocycles. The van der Waals surface area contributed by atoms with Gasteiger partial charge in [-0.2, -0.15) is 5.10 Å². The highest BCUT2D eigenvalue weighted by atomic mass is 16.2. The van der Waals surface area contributed by atoms with Crippen LogP contribution in [0.25, 0.3) is 0 Å². The summed E-state index contributed by atoms with van der Waals surface area (Å²) in [6, 6.07) is 20.3. The summed E-state index contributed by atoms with van der Waals surface area (Å²) in [6.45, 7) is 4.32. The summed E-state index contributed by atoms with van der Waals surface area (Å²) in [7, 11) is 0. The molecular weight excluding hydrogens is 296 g/mol. The SMILES string of the molecule is CC(C)C/C(=N/NC(=O)[C@H]1C[C@H]1c1ccccc1)c1ccccc1. The largest absolute Gasteiger partial charge is 0.273 e. The lowest BCUT2D eigenvalue weighted by Crippen LogP contribution is -2.22. The molecule has 0 bridgehead atoms. The van der Waals surface area contributed by atoms with Crippen LogP contribution in [-0.4, -0.2) is 11.6 Å². The molecule has 1 aliphatic carbocycles. The molecule has 1 fully saturated rings. The standard InChI is InChI=1S/C21H24N2O/c1-15(2)13-20(17-11-7-4-8-12-17)22-23-21(24)19-14-18(19)16-9-5-3-6-10-16/h3-12,15,18-19H,13-14H2,1-2H3,(H,23,24)/b22-20-/t18-,19-/m0/s1. The molecule has 0 heterocycles. The van der Waals surface area contributed by atoms with E-state index in [4.69, 9.17) is 0 Å². The molecule has 3 rings (SSSR count). The molecule has 0 aliphatic heterocycles. The molecule has 1 aliphatic rings. The van der Waals surface area contributed by atoms with Crippen LogP contribution < -0.4 is 5.43 Å². The van der Waals surface area contributed by atoms with Crippen molar-refractivity contribution in [2.75, 3.05) is 0 Å². The van der Waals surface area contributed by atoms with E-state index in [1.165, 1.54) is 5.56 Å². The van der Waals surface area contributed by atoms with Crippen LogP contribution in [0.3, 0.4) is 0 Å². The van der Waals surface area contributed by atoms with E-state index in [9.17, 15) is 4.79 Å². The van der Waals surface area contributed by atoms with Crippen LogP contribution >= 0.6 is 0 Å². The minimum absolute atomic E-state index is 0.0287. The van der Waals surface area contributed by atoms with Crippen molar-refractivity contribution in [1.29, 1.82) is 0 Å². The number of carbonyl (C=O) groups is 1. The Balaban J connectivity index is 1.65. The summed E-state index contributed by atoms with van der Waals surface area (Å²) >= 11 is 0. The number of amides is 1. The second-order valence-corrected chi connectivity index (χ2v) is 6.86. The first-order chi connectivity index (χ1) is 11.6. The van der Waals surface area contributed by atoms with Crippen molar-refractivity contribution in [1.82, 2.24) is 5.43 Å². The molecule has 3 heteroatoms. The molecule has 24 heavy (non-hydrogen) atoms. The number of benzene rings is 2. The van der Waals surface area contributed by atoms with Gasteiger partial charge < -0.3 is 0 Å². The Bertz CT molecular complexity index is 707. The summed E-state index contributed by atoms with van der Waals surface area (Å²) in [4.78, 5) is 12.4. The monoisotopic (exact) mass is 320 g/mol. The van der Waals surface area contributed by atoms with Crippen LogP contribution in [0, 0.1) is 11.8 Å². The van der Waals surface area contributed by atoms with Crippen molar-refractivity contribution in [2.24, 2.45) is 16.9 Å². The third-order valence-electron chi connectivity index (χ3n) is 4.36. The number of hydrogen-bond acceptors (Lipinski definition) is 2. The Morgan fingerprint density at radius 1 is 1.08 bits per heavy atom. The Morgan fingerprint density at radius 3 is 2.33 bits per heavy atom. The molecule has 3 nitrogen and oxygen atoms in total. The summed E-state index contributed by atoms with van der Waals surface area (Å²) in [6.07, 6.45) is 1.76. The normalized spacial score (nSPS) is 20.0. The first kappa shape index (κ1) is 16.4. The molecule has 2 aromatic rings. The fraction of sp³-hybridized carbons (Fsp3) is 0.333. The lowest BCUT2D eigenvalue weighted by molar-refractivity contribution is -0.122. The van der Waals surface area contributed by atoms with Gasteiger partial charge in [0.15, 0.2) is 0 Å². The molecular formula is C21H24N2O. The summed E-state index contributed by atoms with van der Waals surface area (Å²) in [5.74, 6) is 0.902. The maximum Gasteiger partial charge on any atom is 0.243 e. The molecule has 1 amide bonds. The third-order valence-corrected chi connectivity index (χ3v) is 4.36. The van der Waals surface area contributed by atoms with Gasteiger partial charge in [-0.05, 0) is 35.8 Å². The van der Waals surface area contributed by atoms with Crippen molar-refractivity contribution in [3.05, 3.63) is 71.8 Å². The number of rotatable bonds is 6. The molecule has 2 atom stereocenters. The summed E-state index contributed by atoms with van der Waals surface area (Å²) in [5.41, 5.74) is 6.05. The van der Waals surface area contributed by atoms with Gasteiger partial charge in [0.25, 0.3) is 0 Å². The van der Waals surface area contributed by atoms with Gasteiger partial charge in [0, 0.05) is 5.92 Å². The van der Waals surface area contributed by atoms with Crippen LogP contribution in [0.15, 0.2) is 65.8 Å². The van der Waals surface area contributed by atoms with E-state index in [2.05, 4.69) is 36.5 Å². The van der Waals surface area contributed by atoms with E-state index in [1.54, 1.807) is 0 Å². The Morgan fingerprint density at radius 2 is 1.71 bits per heavy atom. The highest BCUT2D eigenvalue weighted by molar-refractivity contribution is 6.01. The lowest BCUT2D eigenvalue weighted by atomic mass is 10.0. The highest BCUT2D eigenvalue weighted by Crippen LogP contribution is 2.47. The molecule has 124 valence electrons. The van der Waals surface area contributed by atoms with Gasteiger partial charge >= 0.3 is 0 Å². The number of carbonyl (C=O) groups excluding carboxylic acids is 1. The van der Waals surface area contributed by atoms with Gasteiger partial charge in [-0.1, -0.05) is 74.5 Å². The number of nitrogens with one attached hydrogen (secondary N) is 1. The van der Waals surface area contributed by atoms with Crippen molar-refractivity contribution < 1.29 is 4.79 Å². The van der Waals surface area contributed by atoms with Gasteiger partial charge in [0.1, 0.15) is 0 Å². The zero-order chi connectivity index (χ0) is 16.9. The number of hydrogen-bond donors (Lipinski definition) is 1. The predicted molar refractivity (Wildman–Crippen MR) is 97.9 cm³/mol. The Hall–Kier alpha value is -2.42. The van der Waals surface area contributed by atoms with E-state index in [-0.39, 0.29) is 11.8 Å². The minimum Gasteiger partial charge on any atom is -0.273 e. The molecule has 2 aromatic carbocycles. The number of hydrazone groups is 1. The van der Waals surface area contributed by atoms with Crippen LogP contribution in [0.4, 0.5) is 0 Å². The molecule has 0 radical (unpaired) electrons. The average Bonchev–Trinajstić information content (AvgIpc) is 3.40. The Kier molecular flexibility index (Phi) is 5.09. The molecule has 1 saturated carbocycles. The first-order valence-electron chi connectivity index (χ1n) is 8.62. The fourth-order valence-corrected chi connectivity index (χ4v) is 3.00. The molecule has 0 spiro atoms. The molecule has 0 unspecified atom stereocenters. The van der Waals surface area contributed by atoms with Crippen molar-refractivity contribution in [3.8, 4) is 0 Å². The number of nitrogens with zero attached hydrogens (tertiary/aromatic N) is 1. The lowest BCUT2D eigenvalue weighted by Gasteiger charge is -2.10. The fourth-order valence-electron chi connectivity index (χ4n) is 3.00. The quantitative estimate of drug-likeness (QED) is 0.623. The maximum absolute atomic E-state index is 12.4. The summed E-state index contributed by atoms with van der Waals surface area (Å²) in [5, 5.41) is 4.44. The Labute approximate surface area is 143 Å². The zero-order valence-corrected chi connectivity index (χ0v) is 14.3. The van der Waals surface area contributed by atoms with Crippen LogP contribution in [0.2, 0.25) is 0 Å². The van der Waals surface area contributed by atoms with Gasteiger partial charge in [-0.15, -0.1) is 0 Å². The molecule has 0 aromatic heterocycles. The van der Waals surface area contributed by atoms with Crippen LogP contribution in [0.1, 0.15) is 43.7 Å². The third kappa shape index (κ3) is 4.10. The van der Waals surface area contributed by atoms with Crippen molar-refractivity contribution in [3.63, 3.8) is 0 Å². The second kappa shape index (κ2) is 7.43. The maximum atomic E-state index is 12.4. The van der Waals surface area contributed by atoms with Gasteiger partial charge in [-0.25, -0.2) is 5.43 Å². The van der Waals surface area contributed by atoms with Gasteiger partial charge in [0.05, 0.1) is 5.71 Å². The van der Waals surface area contributed by atoms with Gasteiger partial charge in [0.2, 0.25) is 5.91 Å². The van der Waals surface area contributed by atoms with Gasteiger partial charge in [-0.3, -0.25) is 4.79 Å². The van der Waals surface area contributed by atoms with Crippen molar-refractivity contribution >= 4 is 11.6 Å². The van der Waals surface area contributed by atoms with E-state index in [0.29, 0.717) is 11.8 Å². The summed E-state index contributed by atoms with van der Waals surface area (Å²) < 4.78 is 0. The second-order valence-electron chi connectivity index (χ2n) is 6.86. The van der Waals surface area contributed by atoms with Crippen LogP contribution in [-0.2, 0) is 4.79 Å². The van der Waals surface area contributed by atoms with E-state index < -0.39 is 0 Å². The zero-order valence-electron chi connectivity index (χ0n) is 14.3. The topological polar surface area (TPSA) is 41.5 Å². The molecule has 1 N–H and O–H groups in total. The highest BCUT2D eigenvalue weighted by Gasteiger charge is 2.43. The van der Waals surface area contributed by atoms with Crippen molar-refractivity contribution in [2.45, 2.75) is 32.6 Å². The van der Waals surface area contributed by atoms with E-state index >= 15 is 0 Å².